The number of pyridine rings is 1. The Morgan fingerprint density at radius 3 is 2.42 bits per heavy atom. The van der Waals surface area contributed by atoms with E-state index in [0.717, 1.165) is 65.9 Å². The minimum atomic E-state index is -0.147. The first-order valence-corrected chi connectivity index (χ1v) is 15.3. The van der Waals surface area contributed by atoms with Gasteiger partial charge in [-0.2, -0.15) is 0 Å². The maximum atomic E-state index is 13.0. The lowest BCUT2D eigenvalue weighted by atomic mass is 9.96. The van der Waals surface area contributed by atoms with Crippen molar-refractivity contribution in [2.24, 2.45) is 0 Å². The van der Waals surface area contributed by atoms with Crippen LogP contribution < -0.4 is 15.5 Å². The van der Waals surface area contributed by atoms with Crippen molar-refractivity contribution in [3.8, 4) is 5.69 Å². The zero-order valence-corrected chi connectivity index (χ0v) is 25.7. The average molecular weight is 595 g/mol. The average Bonchev–Trinajstić information content (AvgIpc) is 3.52. The Labute approximate surface area is 258 Å². The molecule has 0 unspecified atom stereocenters. The van der Waals surface area contributed by atoms with Gasteiger partial charge in [-0.1, -0.05) is 23.8 Å². The summed E-state index contributed by atoms with van der Waals surface area (Å²) in [6, 6.07) is 24.6. The summed E-state index contributed by atoms with van der Waals surface area (Å²) in [5, 5.41) is 7.18. The van der Waals surface area contributed by atoms with E-state index in [4.69, 9.17) is 17.0 Å². The van der Waals surface area contributed by atoms with Crippen LogP contribution in [0.15, 0.2) is 79.0 Å². The van der Waals surface area contributed by atoms with Crippen molar-refractivity contribution < 1.29 is 9.53 Å². The van der Waals surface area contributed by atoms with Crippen LogP contribution in [-0.4, -0.2) is 58.3 Å². The van der Waals surface area contributed by atoms with Gasteiger partial charge in [0.25, 0.3) is 0 Å². The van der Waals surface area contributed by atoms with Gasteiger partial charge in [0.05, 0.1) is 31.0 Å². The van der Waals surface area contributed by atoms with Gasteiger partial charge in [0.2, 0.25) is 5.91 Å². The molecule has 222 valence electrons. The quantitative estimate of drug-likeness (QED) is 0.256. The normalized spacial score (nSPS) is 18.5. The van der Waals surface area contributed by atoms with Gasteiger partial charge in [-0.25, -0.2) is 0 Å². The van der Waals surface area contributed by atoms with Crippen LogP contribution in [0.3, 0.4) is 0 Å². The molecule has 9 heteroatoms. The molecule has 2 N–H and O–H groups in total. The maximum absolute atomic E-state index is 13.0. The molecule has 2 aromatic carbocycles. The topological polar surface area (TPSA) is 74.7 Å². The van der Waals surface area contributed by atoms with E-state index in [-0.39, 0.29) is 18.0 Å². The van der Waals surface area contributed by atoms with Crippen LogP contribution in [0.5, 0.6) is 0 Å². The van der Waals surface area contributed by atoms with Crippen molar-refractivity contribution in [3.05, 3.63) is 107 Å². The number of nitrogens with zero attached hydrogens (tertiary/aromatic N) is 4. The van der Waals surface area contributed by atoms with E-state index in [1.54, 1.807) is 0 Å². The highest BCUT2D eigenvalue weighted by molar-refractivity contribution is 7.80. The van der Waals surface area contributed by atoms with E-state index in [0.29, 0.717) is 18.1 Å². The monoisotopic (exact) mass is 594 g/mol. The van der Waals surface area contributed by atoms with Gasteiger partial charge in [0.1, 0.15) is 0 Å². The fraction of sp³-hybridized carbons (Fsp3) is 0.324. The van der Waals surface area contributed by atoms with Gasteiger partial charge in [-0.05, 0) is 93.1 Å². The number of nitrogens with one attached hydrogen (secondary N) is 2. The van der Waals surface area contributed by atoms with E-state index in [1.807, 2.05) is 55.6 Å². The standard InChI is InChI=1S/C34H38N6O2S/c1-23-7-9-26(10-8-23)36-31(41)15-17-39-33(32(37-34(39)43)30-6-4-5-16-35-30)29-22-24(2)40(25(29)3)28-13-11-27(12-14-28)38-18-20-42-21-19-38/h4-14,16,22,32-33H,15,17-21H2,1-3H3,(H,36,41)(H,37,43)/t32-,33+/m1/s1. The van der Waals surface area contributed by atoms with E-state index in [9.17, 15) is 4.79 Å². The highest BCUT2D eigenvalue weighted by Gasteiger charge is 2.41. The lowest BCUT2D eigenvalue weighted by molar-refractivity contribution is -0.116. The van der Waals surface area contributed by atoms with Crippen LogP contribution in [0.1, 0.15) is 46.7 Å². The molecular weight excluding hydrogens is 556 g/mol. The third-order valence-electron chi connectivity index (χ3n) is 8.39. The Bertz CT molecular complexity index is 1580. The molecule has 8 nitrogen and oxygen atoms in total. The van der Waals surface area contributed by atoms with Gasteiger partial charge in [-0.15, -0.1) is 0 Å². The lowest BCUT2D eigenvalue weighted by Gasteiger charge is -2.29. The zero-order valence-electron chi connectivity index (χ0n) is 24.9. The summed E-state index contributed by atoms with van der Waals surface area (Å²) in [5.41, 5.74) is 8.64. The first-order chi connectivity index (χ1) is 20.9. The molecule has 0 aliphatic carbocycles. The fourth-order valence-corrected chi connectivity index (χ4v) is 6.52. The highest BCUT2D eigenvalue weighted by Crippen LogP contribution is 2.41. The van der Waals surface area contributed by atoms with E-state index in [2.05, 4.69) is 74.2 Å². The second kappa shape index (κ2) is 12.6. The van der Waals surface area contributed by atoms with Gasteiger partial charge < -0.3 is 29.7 Å². The van der Waals surface area contributed by atoms with Crippen LogP contribution >= 0.6 is 12.2 Å². The van der Waals surface area contributed by atoms with Crippen molar-refractivity contribution in [1.82, 2.24) is 19.8 Å². The number of hydrogen-bond acceptors (Lipinski definition) is 5. The molecule has 43 heavy (non-hydrogen) atoms. The Balaban J connectivity index is 1.28. The van der Waals surface area contributed by atoms with Gasteiger partial charge >= 0.3 is 0 Å². The minimum absolute atomic E-state index is 0.0440. The number of hydrogen-bond donors (Lipinski definition) is 2. The first kappa shape index (κ1) is 28.9. The van der Waals surface area contributed by atoms with E-state index < -0.39 is 0 Å². The molecule has 2 atom stereocenters. The minimum Gasteiger partial charge on any atom is -0.378 e. The molecule has 4 heterocycles. The molecular formula is C34H38N6O2S. The first-order valence-electron chi connectivity index (χ1n) is 14.9. The molecule has 2 saturated heterocycles. The molecule has 2 fully saturated rings. The van der Waals surface area contributed by atoms with Crippen LogP contribution in [0, 0.1) is 20.8 Å². The third kappa shape index (κ3) is 6.14. The van der Waals surface area contributed by atoms with Crippen molar-refractivity contribution in [3.63, 3.8) is 0 Å². The van der Waals surface area contributed by atoms with Gasteiger partial charge in [0.15, 0.2) is 5.11 Å². The number of benzene rings is 2. The zero-order chi connectivity index (χ0) is 29.9. The van der Waals surface area contributed by atoms with E-state index >= 15 is 0 Å². The molecule has 0 saturated carbocycles. The van der Waals surface area contributed by atoms with Crippen LogP contribution in [0.25, 0.3) is 5.69 Å². The molecule has 2 aliphatic rings. The molecule has 1 amide bonds. The highest BCUT2D eigenvalue weighted by atomic mass is 32.1. The summed E-state index contributed by atoms with van der Waals surface area (Å²) in [7, 11) is 0. The van der Waals surface area contributed by atoms with Crippen molar-refractivity contribution in [2.45, 2.75) is 39.3 Å². The van der Waals surface area contributed by atoms with Crippen molar-refractivity contribution in [1.29, 1.82) is 0 Å². The number of thiocarbonyl (C=S) groups is 1. The summed E-state index contributed by atoms with van der Waals surface area (Å²) in [6.45, 7) is 10.2. The van der Waals surface area contributed by atoms with Gasteiger partial charge in [-0.3, -0.25) is 9.78 Å². The number of carbonyl (C=O) groups excluding carboxylic acids is 1. The van der Waals surface area contributed by atoms with Gasteiger partial charge in [0, 0.05) is 60.7 Å². The molecule has 0 radical (unpaired) electrons. The lowest BCUT2D eigenvalue weighted by Crippen LogP contribution is -2.36. The molecule has 0 bridgehead atoms. The second-order valence-corrected chi connectivity index (χ2v) is 11.6. The summed E-state index contributed by atoms with van der Waals surface area (Å²) < 4.78 is 7.83. The number of morpholine rings is 1. The molecule has 4 aromatic rings. The number of carbonyl (C=O) groups is 1. The number of aryl methyl sites for hydroxylation is 2. The summed E-state index contributed by atoms with van der Waals surface area (Å²) in [6.07, 6.45) is 2.12. The van der Waals surface area contributed by atoms with Crippen molar-refractivity contribution >= 4 is 34.6 Å². The largest absolute Gasteiger partial charge is 0.378 e. The van der Waals surface area contributed by atoms with Crippen LogP contribution in [-0.2, 0) is 9.53 Å². The Morgan fingerprint density at radius 1 is 1.00 bits per heavy atom. The predicted octanol–water partition coefficient (Wildman–Crippen LogP) is 5.64. The number of amides is 1. The maximum Gasteiger partial charge on any atom is 0.226 e. The van der Waals surface area contributed by atoms with Crippen LogP contribution in [0.2, 0.25) is 0 Å². The molecule has 6 rings (SSSR count). The SMILES string of the molecule is Cc1ccc(NC(=O)CCN2C(=S)N[C@H](c3ccccn3)[C@@H]2c2cc(C)n(-c3ccc(N4CCOCC4)cc3)c2C)cc1. The van der Waals surface area contributed by atoms with E-state index in [1.165, 1.54) is 5.69 Å². The molecule has 0 spiro atoms. The Hall–Kier alpha value is -4.21. The Kier molecular flexibility index (Phi) is 8.44. The molecule has 2 aromatic heterocycles. The molecule has 2 aliphatic heterocycles. The number of ether oxygens (including phenoxy) is 1. The number of rotatable bonds is 8. The summed E-state index contributed by atoms with van der Waals surface area (Å²) in [4.78, 5) is 22.2. The van der Waals surface area contributed by atoms with Crippen LogP contribution in [0.4, 0.5) is 11.4 Å². The summed E-state index contributed by atoms with van der Waals surface area (Å²) >= 11 is 5.88. The smallest absolute Gasteiger partial charge is 0.226 e. The van der Waals surface area contributed by atoms with Crippen molar-refractivity contribution in [2.75, 3.05) is 43.1 Å². The third-order valence-corrected chi connectivity index (χ3v) is 8.74. The number of aromatic nitrogens is 2. The predicted molar refractivity (Wildman–Crippen MR) is 175 cm³/mol. The second-order valence-electron chi connectivity index (χ2n) is 11.3. The summed E-state index contributed by atoms with van der Waals surface area (Å²) in [5.74, 6) is -0.0440. The fourth-order valence-electron chi connectivity index (χ4n) is 6.19. The number of anilines is 2. The Morgan fingerprint density at radius 2 is 1.72 bits per heavy atom.